The lowest BCUT2D eigenvalue weighted by atomic mass is 9.75. The van der Waals surface area contributed by atoms with Crippen LogP contribution in [0.4, 0.5) is 11.4 Å². The molecule has 1 N–H and O–H groups in total. The third kappa shape index (κ3) is 2.91. The number of benzene rings is 3. The van der Waals surface area contributed by atoms with E-state index in [1.54, 1.807) is 41.8 Å². The molecule has 200 valence electrons. The monoisotopic (exact) mass is 535 g/mol. The van der Waals surface area contributed by atoms with Crippen molar-refractivity contribution in [1.29, 1.82) is 0 Å². The lowest BCUT2D eigenvalue weighted by Gasteiger charge is -2.32. The molecular weight excluding hydrogens is 510 g/mol. The molecular formula is C30H25N5O5. The number of carbonyl (C=O) groups excluding carboxylic acids is 2. The fourth-order valence-electron chi connectivity index (χ4n) is 6.91. The quantitative estimate of drug-likeness (QED) is 0.241. The van der Waals surface area contributed by atoms with Gasteiger partial charge >= 0.3 is 0 Å². The zero-order valence-corrected chi connectivity index (χ0v) is 22.0. The fourth-order valence-corrected chi connectivity index (χ4v) is 6.91. The van der Waals surface area contributed by atoms with Gasteiger partial charge in [-0.15, -0.1) is 0 Å². The molecule has 7 rings (SSSR count). The molecule has 0 bridgehead atoms. The summed E-state index contributed by atoms with van der Waals surface area (Å²) in [5, 5.41) is 15.7. The first-order valence-corrected chi connectivity index (χ1v) is 13.2. The van der Waals surface area contributed by atoms with E-state index in [2.05, 4.69) is 5.32 Å². The highest BCUT2D eigenvalue weighted by atomic mass is 16.6. The first-order chi connectivity index (χ1) is 19.2. The predicted molar refractivity (Wildman–Crippen MR) is 147 cm³/mol. The number of aromatic nitrogens is 2. The maximum Gasteiger partial charge on any atom is 0.271 e. The van der Waals surface area contributed by atoms with Crippen LogP contribution in [0.15, 0.2) is 71.5 Å². The summed E-state index contributed by atoms with van der Waals surface area (Å²) < 4.78 is 1.56. The van der Waals surface area contributed by atoms with Gasteiger partial charge in [0.25, 0.3) is 11.2 Å². The van der Waals surface area contributed by atoms with Gasteiger partial charge in [-0.1, -0.05) is 50.2 Å². The van der Waals surface area contributed by atoms with Crippen LogP contribution in [-0.4, -0.2) is 32.3 Å². The number of anilines is 1. The van der Waals surface area contributed by atoms with E-state index in [1.807, 2.05) is 38.1 Å². The topological polar surface area (TPSA) is 127 Å². The lowest BCUT2D eigenvalue weighted by Crippen LogP contribution is -2.51. The van der Waals surface area contributed by atoms with E-state index < -0.39 is 40.2 Å². The smallest absolute Gasteiger partial charge is 0.271 e. The zero-order chi connectivity index (χ0) is 28.1. The Balaban J connectivity index is 1.52. The van der Waals surface area contributed by atoms with Gasteiger partial charge in [0.15, 0.2) is 0 Å². The van der Waals surface area contributed by atoms with Crippen molar-refractivity contribution in [3.63, 3.8) is 0 Å². The molecule has 2 amide bonds. The van der Waals surface area contributed by atoms with Crippen LogP contribution in [0.25, 0.3) is 16.6 Å². The molecule has 2 unspecified atom stereocenters. The molecule has 1 spiro atoms. The largest absolute Gasteiger partial charge is 0.296 e. The summed E-state index contributed by atoms with van der Waals surface area (Å²) in [5.74, 6) is -2.26. The maximum atomic E-state index is 14.5. The predicted octanol–water partition coefficient (Wildman–Crippen LogP) is 3.59. The standard InChI is InChI=1S/C30H25N5O5/c1-15(2)25-23-24(28(38)33(27(23)37)22-14-17(35(39)40)13-12-16(22)3)30(32-25)19-9-5-7-11-21(19)34-26(36)18-8-4-6-10-20(18)31-29(30)34/h4-15,23-25,32H,1-3H3/t23-,24-,25?,30?/m1/s1. The molecule has 4 aromatic rings. The molecule has 3 aliphatic heterocycles. The number of amides is 2. The summed E-state index contributed by atoms with van der Waals surface area (Å²) in [6.07, 6.45) is 0. The second kappa shape index (κ2) is 8.15. The zero-order valence-electron chi connectivity index (χ0n) is 22.0. The highest BCUT2D eigenvalue weighted by Gasteiger charge is 2.70. The molecule has 10 heteroatoms. The summed E-state index contributed by atoms with van der Waals surface area (Å²) in [4.78, 5) is 59.7. The maximum absolute atomic E-state index is 14.5. The van der Waals surface area contributed by atoms with Gasteiger partial charge in [-0.05, 0) is 36.6 Å². The number of rotatable bonds is 3. The van der Waals surface area contributed by atoms with Crippen molar-refractivity contribution in [2.75, 3.05) is 4.90 Å². The van der Waals surface area contributed by atoms with E-state index in [0.29, 0.717) is 33.5 Å². The minimum absolute atomic E-state index is 0.0526. The van der Waals surface area contributed by atoms with Gasteiger partial charge in [0.1, 0.15) is 11.4 Å². The Hall–Kier alpha value is -4.70. The van der Waals surface area contributed by atoms with Crippen molar-refractivity contribution >= 4 is 34.1 Å². The number of carbonyl (C=O) groups is 2. The van der Waals surface area contributed by atoms with Gasteiger partial charge in [-0.2, -0.15) is 0 Å². The van der Waals surface area contributed by atoms with Crippen LogP contribution in [0.1, 0.15) is 30.8 Å². The van der Waals surface area contributed by atoms with E-state index in [4.69, 9.17) is 4.98 Å². The van der Waals surface area contributed by atoms with Crippen LogP contribution in [0.3, 0.4) is 0 Å². The molecule has 1 aromatic heterocycles. The van der Waals surface area contributed by atoms with Gasteiger partial charge in [-0.25, -0.2) is 9.88 Å². The van der Waals surface area contributed by atoms with Crippen molar-refractivity contribution in [3.05, 3.63) is 104 Å². The normalized spacial score (nSPS) is 24.7. The highest BCUT2D eigenvalue weighted by Crippen LogP contribution is 2.56. The third-order valence-electron chi connectivity index (χ3n) is 8.66. The number of nitrogens with zero attached hydrogens (tertiary/aromatic N) is 4. The number of non-ortho nitro benzene ring substituents is 1. The minimum Gasteiger partial charge on any atom is -0.296 e. The molecule has 2 fully saturated rings. The number of para-hydroxylation sites is 2. The Labute approximate surface area is 228 Å². The van der Waals surface area contributed by atoms with Crippen molar-refractivity contribution in [2.45, 2.75) is 32.4 Å². The van der Waals surface area contributed by atoms with Crippen LogP contribution in [-0.2, 0) is 15.1 Å². The number of nitro groups is 1. The summed E-state index contributed by atoms with van der Waals surface area (Å²) in [5.41, 5.74) is 0.876. The number of imide groups is 1. The first kappa shape index (κ1) is 24.3. The molecule has 3 aromatic carbocycles. The summed E-state index contributed by atoms with van der Waals surface area (Å²) >= 11 is 0. The van der Waals surface area contributed by atoms with Crippen molar-refractivity contribution in [1.82, 2.24) is 14.9 Å². The molecule has 0 saturated carbocycles. The van der Waals surface area contributed by atoms with Crippen molar-refractivity contribution in [2.24, 2.45) is 17.8 Å². The molecule has 0 aliphatic carbocycles. The number of nitrogens with one attached hydrogen (secondary N) is 1. The van der Waals surface area contributed by atoms with Crippen LogP contribution < -0.4 is 15.8 Å². The molecule has 2 saturated heterocycles. The Kier molecular flexibility index (Phi) is 4.96. The second-order valence-corrected chi connectivity index (χ2v) is 11.1. The van der Waals surface area contributed by atoms with Crippen molar-refractivity contribution < 1.29 is 14.5 Å². The number of aryl methyl sites for hydroxylation is 1. The summed E-state index contributed by atoms with van der Waals surface area (Å²) in [7, 11) is 0. The van der Waals surface area contributed by atoms with Gasteiger partial charge in [-0.3, -0.25) is 34.4 Å². The van der Waals surface area contributed by atoms with E-state index in [0.717, 1.165) is 4.90 Å². The van der Waals surface area contributed by atoms with Crippen molar-refractivity contribution in [3.8, 4) is 5.69 Å². The number of hydrogen-bond donors (Lipinski definition) is 1. The molecule has 3 aliphatic rings. The Morgan fingerprint density at radius 2 is 1.70 bits per heavy atom. The van der Waals surface area contributed by atoms with Gasteiger partial charge < -0.3 is 0 Å². The molecule has 40 heavy (non-hydrogen) atoms. The van der Waals surface area contributed by atoms with Gasteiger partial charge in [0.2, 0.25) is 11.8 Å². The van der Waals surface area contributed by atoms with Gasteiger partial charge in [0.05, 0.1) is 39.0 Å². The van der Waals surface area contributed by atoms with E-state index in [1.165, 1.54) is 12.1 Å². The van der Waals surface area contributed by atoms with E-state index in [9.17, 15) is 24.5 Å². The number of fused-ring (bicyclic) bond motifs is 8. The van der Waals surface area contributed by atoms with Crippen LogP contribution in [0.5, 0.6) is 0 Å². The molecule has 10 nitrogen and oxygen atoms in total. The first-order valence-electron chi connectivity index (χ1n) is 13.2. The van der Waals surface area contributed by atoms with Crippen LogP contribution in [0, 0.1) is 34.8 Å². The van der Waals surface area contributed by atoms with Crippen LogP contribution >= 0.6 is 0 Å². The van der Waals surface area contributed by atoms with Crippen LogP contribution in [0.2, 0.25) is 0 Å². The number of nitro benzene ring substituents is 1. The fraction of sp³-hybridized carbons (Fsp3) is 0.267. The van der Waals surface area contributed by atoms with E-state index in [-0.39, 0.29) is 22.9 Å². The Morgan fingerprint density at radius 1 is 0.975 bits per heavy atom. The Morgan fingerprint density at radius 3 is 2.45 bits per heavy atom. The van der Waals surface area contributed by atoms with Gasteiger partial charge in [0, 0.05) is 23.7 Å². The third-order valence-corrected chi connectivity index (χ3v) is 8.66. The minimum atomic E-state index is -1.25. The molecule has 4 atom stereocenters. The van der Waals surface area contributed by atoms with E-state index >= 15 is 0 Å². The molecule has 4 heterocycles. The summed E-state index contributed by atoms with van der Waals surface area (Å²) in [6, 6.07) is 18.2. The lowest BCUT2D eigenvalue weighted by molar-refractivity contribution is -0.384. The SMILES string of the molecule is Cc1ccc([N+](=O)[O-])cc1N1C(=O)[C@H]2C(C(C)C)NC3(c4ccccc4-n4c3nc3ccccc3c4=O)[C@H]2C1=O. The number of hydrogen-bond acceptors (Lipinski definition) is 7. The average Bonchev–Trinajstić information content (AvgIpc) is 3.53. The molecule has 0 radical (unpaired) electrons. The average molecular weight is 536 g/mol. The summed E-state index contributed by atoms with van der Waals surface area (Å²) in [6.45, 7) is 5.68. The second-order valence-electron chi connectivity index (χ2n) is 11.1. The Bertz CT molecular complexity index is 1860. The highest BCUT2D eigenvalue weighted by molar-refractivity contribution is 6.23.